The summed E-state index contributed by atoms with van der Waals surface area (Å²) in [6.45, 7) is 4.01. The van der Waals surface area contributed by atoms with Crippen LogP contribution in [0.5, 0.6) is 0 Å². The van der Waals surface area contributed by atoms with Crippen molar-refractivity contribution in [1.82, 2.24) is 9.55 Å². The largest absolute Gasteiger partial charge is 0.321 e. The van der Waals surface area contributed by atoms with Crippen molar-refractivity contribution in [2.24, 2.45) is 5.73 Å². The Hall–Kier alpha value is -0.250. The Labute approximate surface area is 85.2 Å². The number of hydrogen-bond donors (Lipinski definition) is 1. The molecule has 72 valence electrons. The van der Waals surface area contributed by atoms with Crippen molar-refractivity contribution >= 4 is 24.8 Å². The Bertz CT molecular complexity index is 212. The van der Waals surface area contributed by atoms with E-state index in [1.54, 1.807) is 6.33 Å². The Balaban J connectivity index is 0. The fraction of sp³-hybridized carbons (Fsp3) is 0.571. The molecular formula is C7H15Cl2N3. The van der Waals surface area contributed by atoms with E-state index in [-0.39, 0.29) is 31.0 Å². The molecule has 3 nitrogen and oxygen atoms in total. The van der Waals surface area contributed by atoms with Crippen molar-refractivity contribution in [2.75, 3.05) is 0 Å². The van der Waals surface area contributed by atoms with E-state index >= 15 is 0 Å². The molecule has 1 atom stereocenters. The van der Waals surface area contributed by atoms with Crippen molar-refractivity contribution < 1.29 is 0 Å². The smallest absolute Gasteiger partial charge is 0.0962 e. The number of halogens is 2. The molecule has 1 heterocycles. The number of aryl methyl sites for hydroxylation is 1. The molecule has 0 amide bonds. The molecule has 12 heavy (non-hydrogen) atoms. The van der Waals surface area contributed by atoms with Crippen molar-refractivity contribution in [2.45, 2.75) is 26.4 Å². The van der Waals surface area contributed by atoms with Crippen LogP contribution in [-0.4, -0.2) is 9.55 Å². The highest BCUT2D eigenvalue weighted by Crippen LogP contribution is 2.03. The topological polar surface area (TPSA) is 43.8 Å². The SMILES string of the molecule is CCC(N)n1cnc(C)c1.Cl.Cl. The first-order valence-electron chi connectivity index (χ1n) is 3.49. The van der Waals surface area contributed by atoms with Gasteiger partial charge in [0.15, 0.2) is 0 Å². The van der Waals surface area contributed by atoms with Crippen molar-refractivity contribution in [3.63, 3.8) is 0 Å². The molecule has 0 aliphatic heterocycles. The summed E-state index contributed by atoms with van der Waals surface area (Å²) in [4.78, 5) is 4.07. The average molecular weight is 212 g/mol. The first-order valence-corrected chi connectivity index (χ1v) is 3.49. The number of imidazole rings is 1. The van der Waals surface area contributed by atoms with Crippen LogP contribution in [0.4, 0.5) is 0 Å². The van der Waals surface area contributed by atoms with Gasteiger partial charge in [-0.05, 0) is 13.3 Å². The average Bonchev–Trinajstić information content (AvgIpc) is 2.34. The molecule has 1 unspecified atom stereocenters. The molecule has 0 aliphatic carbocycles. The van der Waals surface area contributed by atoms with Crippen molar-refractivity contribution in [1.29, 1.82) is 0 Å². The monoisotopic (exact) mass is 211 g/mol. The molecule has 0 aliphatic rings. The van der Waals surface area contributed by atoms with Gasteiger partial charge in [-0.15, -0.1) is 24.8 Å². The lowest BCUT2D eigenvalue weighted by molar-refractivity contribution is 0.505. The molecule has 0 radical (unpaired) electrons. The van der Waals surface area contributed by atoms with Gasteiger partial charge in [-0.2, -0.15) is 0 Å². The quantitative estimate of drug-likeness (QED) is 0.813. The van der Waals surface area contributed by atoms with Gasteiger partial charge in [-0.3, -0.25) is 0 Å². The van der Waals surface area contributed by atoms with Gasteiger partial charge >= 0.3 is 0 Å². The number of nitrogens with two attached hydrogens (primary N) is 1. The zero-order valence-electron chi connectivity index (χ0n) is 7.23. The second-order valence-corrected chi connectivity index (χ2v) is 2.44. The van der Waals surface area contributed by atoms with Gasteiger partial charge in [0.05, 0.1) is 18.2 Å². The normalized spacial score (nSPS) is 11.2. The molecular weight excluding hydrogens is 197 g/mol. The molecule has 0 bridgehead atoms. The molecule has 1 aromatic heterocycles. The van der Waals surface area contributed by atoms with Crippen molar-refractivity contribution in [3.8, 4) is 0 Å². The standard InChI is InChI=1S/C7H13N3.2ClH/c1-3-7(8)10-4-6(2)9-5-10;;/h4-5,7H,3,8H2,1-2H3;2*1H. The molecule has 5 heteroatoms. The lowest BCUT2D eigenvalue weighted by Crippen LogP contribution is -2.15. The molecule has 1 aromatic rings. The summed E-state index contributed by atoms with van der Waals surface area (Å²) in [5, 5.41) is 0. The second kappa shape index (κ2) is 6.29. The minimum absolute atomic E-state index is 0. The van der Waals surface area contributed by atoms with Gasteiger partial charge in [0.1, 0.15) is 0 Å². The van der Waals surface area contributed by atoms with Crippen molar-refractivity contribution in [3.05, 3.63) is 18.2 Å². The highest BCUT2D eigenvalue weighted by molar-refractivity contribution is 5.85. The predicted molar refractivity (Wildman–Crippen MR) is 55.0 cm³/mol. The fourth-order valence-electron chi connectivity index (χ4n) is 0.832. The zero-order valence-corrected chi connectivity index (χ0v) is 8.86. The third-order valence-electron chi connectivity index (χ3n) is 1.53. The predicted octanol–water partition coefficient (Wildman–Crippen LogP) is 1.90. The molecule has 2 N–H and O–H groups in total. The Kier molecular flexibility index (Phi) is 7.48. The molecule has 0 fully saturated rings. The third kappa shape index (κ3) is 3.43. The summed E-state index contributed by atoms with van der Waals surface area (Å²) in [7, 11) is 0. The minimum Gasteiger partial charge on any atom is -0.321 e. The third-order valence-corrected chi connectivity index (χ3v) is 1.53. The lowest BCUT2D eigenvalue weighted by Gasteiger charge is -2.08. The molecule has 0 spiro atoms. The number of rotatable bonds is 2. The first-order chi connectivity index (χ1) is 4.74. The van der Waals surface area contributed by atoms with Crippen LogP contribution in [0.25, 0.3) is 0 Å². The van der Waals surface area contributed by atoms with Crippen LogP contribution in [0.3, 0.4) is 0 Å². The fourth-order valence-corrected chi connectivity index (χ4v) is 0.832. The van der Waals surface area contributed by atoms with Crippen LogP contribution in [0.1, 0.15) is 25.2 Å². The Morgan fingerprint density at radius 2 is 2.17 bits per heavy atom. The van der Waals surface area contributed by atoms with E-state index in [0.717, 1.165) is 12.1 Å². The molecule has 1 rings (SSSR count). The van der Waals surface area contributed by atoms with E-state index in [1.807, 2.05) is 17.7 Å². The van der Waals surface area contributed by atoms with E-state index in [0.29, 0.717) is 0 Å². The summed E-state index contributed by atoms with van der Waals surface area (Å²) >= 11 is 0. The zero-order chi connectivity index (χ0) is 7.56. The van der Waals surface area contributed by atoms with Crippen LogP contribution in [0.2, 0.25) is 0 Å². The molecule has 0 saturated heterocycles. The Morgan fingerprint density at radius 3 is 2.50 bits per heavy atom. The summed E-state index contributed by atoms with van der Waals surface area (Å²) in [6, 6.07) is 0. The highest BCUT2D eigenvalue weighted by atomic mass is 35.5. The van der Waals surface area contributed by atoms with E-state index < -0.39 is 0 Å². The summed E-state index contributed by atoms with van der Waals surface area (Å²) in [6.07, 6.45) is 4.74. The Morgan fingerprint density at radius 1 is 1.58 bits per heavy atom. The molecule has 0 aromatic carbocycles. The van der Waals surface area contributed by atoms with Gasteiger partial charge in [-0.1, -0.05) is 6.92 Å². The van der Waals surface area contributed by atoms with Gasteiger partial charge in [0.25, 0.3) is 0 Å². The van der Waals surface area contributed by atoms with Crippen LogP contribution in [-0.2, 0) is 0 Å². The summed E-state index contributed by atoms with van der Waals surface area (Å²) in [5.74, 6) is 0. The van der Waals surface area contributed by atoms with E-state index in [1.165, 1.54) is 0 Å². The summed E-state index contributed by atoms with van der Waals surface area (Å²) in [5.41, 5.74) is 6.75. The number of aromatic nitrogens is 2. The summed E-state index contributed by atoms with van der Waals surface area (Å²) < 4.78 is 1.93. The first kappa shape index (κ1) is 14.3. The van der Waals surface area contributed by atoms with Crippen LogP contribution >= 0.6 is 24.8 Å². The van der Waals surface area contributed by atoms with Crippen LogP contribution < -0.4 is 5.73 Å². The van der Waals surface area contributed by atoms with Crippen LogP contribution in [0.15, 0.2) is 12.5 Å². The maximum atomic E-state index is 5.73. The maximum absolute atomic E-state index is 5.73. The van der Waals surface area contributed by atoms with Gasteiger partial charge in [0.2, 0.25) is 0 Å². The van der Waals surface area contributed by atoms with Gasteiger partial charge in [-0.25, -0.2) is 4.98 Å². The van der Waals surface area contributed by atoms with Gasteiger partial charge < -0.3 is 10.3 Å². The van der Waals surface area contributed by atoms with E-state index in [9.17, 15) is 0 Å². The lowest BCUT2D eigenvalue weighted by atomic mass is 10.4. The van der Waals surface area contributed by atoms with Gasteiger partial charge in [0, 0.05) is 6.20 Å². The van der Waals surface area contributed by atoms with Crippen LogP contribution in [0, 0.1) is 6.92 Å². The second-order valence-electron chi connectivity index (χ2n) is 2.44. The molecule has 0 saturated carbocycles. The highest BCUT2D eigenvalue weighted by Gasteiger charge is 1.99. The van der Waals surface area contributed by atoms with E-state index in [4.69, 9.17) is 5.73 Å². The number of nitrogens with zero attached hydrogens (tertiary/aromatic N) is 2. The van der Waals surface area contributed by atoms with E-state index in [2.05, 4.69) is 11.9 Å². The minimum atomic E-state index is 0. The maximum Gasteiger partial charge on any atom is 0.0962 e. The number of hydrogen-bond acceptors (Lipinski definition) is 2.